The summed E-state index contributed by atoms with van der Waals surface area (Å²) < 4.78 is 26.1. The Balaban J connectivity index is 1.83. The topological polar surface area (TPSA) is 12.0 Å². The third kappa shape index (κ3) is 4.55. The van der Waals surface area contributed by atoms with Crippen LogP contribution in [0, 0.1) is 17.6 Å². The first-order chi connectivity index (χ1) is 9.69. The van der Waals surface area contributed by atoms with Gasteiger partial charge in [-0.15, -0.1) is 0 Å². The Labute approximate surface area is 120 Å². The van der Waals surface area contributed by atoms with E-state index in [1.165, 1.54) is 50.7 Å². The molecule has 0 amide bonds. The predicted octanol–water partition coefficient (Wildman–Crippen LogP) is 4.46. The van der Waals surface area contributed by atoms with Crippen molar-refractivity contribution < 1.29 is 8.78 Å². The molecule has 1 aliphatic rings. The van der Waals surface area contributed by atoms with Gasteiger partial charge in [0, 0.05) is 6.04 Å². The lowest BCUT2D eigenvalue weighted by molar-refractivity contribution is 0.315. The third-order valence-corrected chi connectivity index (χ3v) is 4.52. The minimum atomic E-state index is -0.767. The summed E-state index contributed by atoms with van der Waals surface area (Å²) in [6.45, 7) is 0. The van der Waals surface area contributed by atoms with Crippen LogP contribution in [-0.4, -0.2) is 13.1 Å². The van der Waals surface area contributed by atoms with Gasteiger partial charge in [0.25, 0.3) is 0 Å². The Hall–Kier alpha value is -0.960. The zero-order valence-corrected chi connectivity index (χ0v) is 12.3. The molecule has 0 aliphatic heterocycles. The van der Waals surface area contributed by atoms with E-state index in [0.29, 0.717) is 6.04 Å². The molecule has 0 aromatic heterocycles. The molecular weight excluding hydrogens is 256 g/mol. The van der Waals surface area contributed by atoms with Crippen LogP contribution in [0.3, 0.4) is 0 Å². The number of hydrogen-bond donors (Lipinski definition) is 1. The van der Waals surface area contributed by atoms with Gasteiger partial charge in [-0.1, -0.05) is 38.2 Å². The van der Waals surface area contributed by atoms with Crippen LogP contribution in [0.2, 0.25) is 0 Å². The Kier molecular flexibility index (Phi) is 5.96. The number of hydrogen-bond acceptors (Lipinski definition) is 1. The number of halogens is 2. The Bertz CT molecular complexity index is 413. The van der Waals surface area contributed by atoms with Gasteiger partial charge in [0.05, 0.1) is 0 Å². The maximum atomic E-state index is 13.2. The second-order valence-electron chi connectivity index (χ2n) is 6.02. The van der Waals surface area contributed by atoms with Gasteiger partial charge in [0.15, 0.2) is 11.6 Å². The molecule has 1 unspecified atom stereocenters. The van der Waals surface area contributed by atoms with E-state index in [-0.39, 0.29) is 0 Å². The number of nitrogens with one attached hydrogen (secondary N) is 1. The monoisotopic (exact) mass is 281 g/mol. The highest BCUT2D eigenvalue weighted by Crippen LogP contribution is 2.28. The summed E-state index contributed by atoms with van der Waals surface area (Å²) in [4.78, 5) is 0. The smallest absolute Gasteiger partial charge is 0.159 e. The molecular formula is C17H25F2N. The number of likely N-dealkylation sites (N-methyl/N-ethyl adjacent to an activating group) is 1. The van der Waals surface area contributed by atoms with Crippen molar-refractivity contribution in [2.75, 3.05) is 7.05 Å². The van der Waals surface area contributed by atoms with Gasteiger partial charge in [-0.2, -0.15) is 0 Å². The molecule has 1 N–H and O–H groups in total. The van der Waals surface area contributed by atoms with E-state index in [0.717, 1.165) is 24.3 Å². The molecule has 1 nitrogen and oxygen atoms in total. The van der Waals surface area contributed by atoms with E-state index in [4.69, 9.17) is 0 Å². The fourth-order valence-electron chi connectivity index (χ4n) is 3.21. The van der Waals surface area contributed by atoms with Gasteiger partial charge in [-0.05, 0) is 49.9 Å². The van der Waals surface area contributed by atoms with Crippen molar-refractivity contribution in [2.45, 2.75) is 57.4 Å². The van der Waals surface area contributed by atoms with E-state index in [1.807, 2.05) is 7.05 Å². The van der Waals surface area contributed by atoms with E-state index >= 15 is 0 Å². The van der Waals surface area contributed by atoms with Gasteiger partial charge in [0.1, 0.15) is 0 Å². The van der Waals surface area contributed by atoms with Crippen molar-refractivity contribution in [3.8, 4) is 0 Å². The first-order valence-electron chi connectivity index (χ1n) is 7.80. The van der Waals surface area contributed by atoms with Crippen molar-refractivity contribution in [3.05, 3.63) is 35.4 Å². The molecule has 1 aromatic rings. The molecule has 1 aromatic carbocycles. The van der Waals surface area contributed by atoms with E-state index in [1.54, 1.807) is 6.07 Å². The molecule has 0 bridgehead atoms. The molecule has 1 atom stereocenters. The van der Waals surface area contributed by atoms with Gasteiger partial charge in [0.2, 0.25) is 0 Å². The number of rotatable bonds is 6. The second-order valence-corrected chi connectivity index (χ2v) is 6.02. The highest BCUT2D eigenvalue weighted by atomic mass is 19.2. The summed E-state index contributed by atoms with van der Waals surface area (Å²) in [5.74, 6) is -0.647. The molecule has 0 spiro atoms. The highest BCUT2D eigenvalue weighted by Gasteiger charge is 2.16. The molecule has 0 radical (unpaired) electrons. The summed E-state index contributed by atoms with van der Waals surface area (Å²) in [7, 11) is 1.95. The quantitative estimate of drug-likeness (QED) is 0.812. The summed E-state index contributed by atoms with van der Waals surface area (Å²) in [5.41, 5.74) is 0.867. The second kappa shape index (κ2) is 7.72. The first-order valence-corrected chi connectivity index (χ1v) is 7.80. The first kappa shape index (κ1) is 15.4. The van der Waals surface area contributed by atoms with Crippen LogP contribution in [-0.2, 0) is 6.42 Å². The van der Waals surface area contributed by atoms with Gasteiger partial charge >= 0.3 is 0 Å². The van der Waals surface area contributed by atoms with Crippen LogP contribution in [0.1, 0.15) is 50.5 Å². The largest absolute Gasteiger partial charge is 0.317 e. The van der Waals surface area contributed by atoms with Crippen molar-refractivity contribution in [3.63, 3.8) is 0 Å². The van der Waals surface area contributed by atoms with E-state index < -0.39 is 11.6 Å². The predicted molar refractivity (Wildman–Crippen MR) is 78.7 cm³/mol. The Morgan fingerprint density at radius 1 is 1.15 bits per heavy atom. The lowest BCUT2D eigenvalue weighted by Crippen LogP contribution is -2.28. The Morgan fingerprint density at radius 2 is 1.90 bits per heavy atom. The summed E-state index contributed by atoms with van der Waals surface area (Å²) in [6.07, 6.45) is 9.98. The molecule has 20 heavy (non-hydrogen) atoms. The van der Waals surface area contributed by atoms with Gasteiger partial charge in [-0.25, -0.2) is 8.78 Å². The number of benzene rings is 1. The molecule has 1 aliphatic carbocycles. The SMILES string of the molecule is CNC(CCC1CCCCC1)Cc1ccc(F)c(F)c1. The normalized spacial score (nSPS) is 18.1. The molecule has 1 saturated carbocycles. The third-order valence-electron chi connectivity index (χ3n) is 4.52. The van der Waals surface area contributed by atoms with Crippen LogP contribution in [0.25, 0.3) is 0 Å². The molecule has 112 valence electrons. The maximum Gasteiger partial charge on any atom is 0.159 e. The van der Waals surface area contributed by atoms with Crippen LogP contribution >= 0.6 is 0 Å². The van der Waals surface area contributed by atoms with Crippen LogP contribution in [0.5, 0.6) is 0 Å². The van der Waals surface area contributed by atoms with Crippen LogP contribution in [0.15, 0.2) is 18.2 Å². The van der Waals surface area contributed by atoms with Crippen LogP contribution < -0.4 is 5.32 Å². The Morgan fingerprint density at radius 3 is 2.55 bits per heavy atom. The fourth-order valence-corrected chi connectivity index (χ4v) is 3.21. The fraction of sp³-hybridized carbons (Fsp3) is 0.647. The average Bonchev–Trinajstić information content (AvgIpc) is 2.48. The van der Waals surface area contributed by atoms with Crippen LogP contribution in [0.4, 0.5) is 8.78 Å². The van der Waals surface area contributed by atoms with Crippen molar-refractivity contribution in [2.24, 2.45) is 5.92 Å². The summed E-state index contributed by atoms with van der Waals surface area (Å²) >= 11 is 0. The molecule has 0 heterocycles. The lowest BCUT2D eigenvalue weighted by Gasteiger charge is -2.24. The van der Waals surface area contributed by atoms with Crippen molar-refractivity contribution in [1.29, 1.82) is 0 Å². The van der Waals surface area contributed by atoms with E-state index in [9.17, 15) is 8.78 Å². The lowest BCUT2D eigenvalue weighted by atomic mass is 9.84. The maximum absolute atomic E-state index is 13.2. The molecule has 1 fully saturated rings. The van der Waals surface area contributed by atoms with Crippen molar-refractivity contribution in [1.82, 2.24) is 5.32 Å². The minimum absolute atomic E-state index is 0.349. The molecule has 3 heteroatoms. The summed E-state index contributed by atoms with van der Waals surface area (Å²) in [6, 6.07) is 4.57. The van der Waals surface area contributed by atoms with Gasteiger partial charge < -0.3 is 5.32 Å². The summed E-state index contributed by atoms with van der Waals surface area (Å²) in [5, 5.41) is 3.31. The van der Waals surface area contributed by atoms with Crippen molar-refractivity contribution >= 4 is 0 Å². The standard InChI is InChI=1S/C17H25F2N/c1-20-15(9-7-13-5-3-2-4-6-13)11-14-8-10-16(18)17(19)12-14/h8,10,12-13,15,20H,2-7,9,11H2,1H3. The minimum Gasteiger partial charge on any atom is -0.317 e. The van der Waals surface area contributed by atoms with Gasteiger partial charge in [-0.3, -0.25) is 0 Å². The zero-order valence-electron chi connectivity index (χ0n) is 12.3. The highest BCUT2D eigenvalue weighted by molar-refractivity contribution is 5.18. The zero-order chi connectivity index (χ0) is 14.4. The average molecular weight is 281 g/mol. The molecule has 2 rings (SSSR count). The van der Waals surface area contributed by atoms with E-state index in [2.05, 4.69) is 5.32 Å². The molecule has 0 saturated heterocycles.